The zero-order chi connectivity index (χ0) is 13.1. The van der Waals surface area contributed by atoms with Gasteiger partial charge in [-0.1, -0.05) is 71.4 Å². The molecule has 0 N–H and O–H groups in total. The molecule has 1 aromatic rings. The Hall–Kier alpha value is -0.273. The molecule has 0 aliphatic carbocycles. The van der Waals surface area contributed by atoms with Crippen LogP contribution in [0.5, 0.6) is 0 Å². The van der Waals surface area contributed by atoms with Crippen molar-refractivity contribution in [3.63, 3.8) is 0 Å². The topological polar surface area (TPSA) is 0 Å². The highest BCUT2D eigenvalue weighted by molar-refractivity contribution is 7.08. The van der Waals surface area contributed by atoms with Crippen molar-refractivity contribution >= 4 is 19.2 Å². The number of hydrogen-bond acceptors (Lipinski definition) is 0. The number of halogens is 1. The predicted octanol–water partition coefficient (Wildman–Crippen LogP) is 4.90. The van der Waals surface area contributed by atoms with Crippen molar-refractivity contribution in [2.45, 2.75) is 52.1 Å². The van der Waals surface area contributed by atoms with Crippen LogP contribution in [-0.4, -0.2) is 8.11 Å². The number of hydrogen-bond donors (Lipinski definition) is 0. The first-order valence-corrected chi connectivity index (χ1v) is 9.63. The number of rotatable bonds is 5. The van der Waals surface area contributed by atoms with Crippen molar-refractivity contribution in [2.75, 3.05) is 0 Å². The summed E-state index contributed by atoms with van der Waals surface area (Å²) in [6.45, 7) is 11.5. The first kappa shape index (κ1) is 14.8. The van der Waals surface area contributed by atoms with E-state index >= 15 is 0 Å². The van der Waals surface area contributed by atoms with Gasteiger partial charge < -0.3 is 0 Å². The van der Waals surface area contributed by atoms with Gasteiger partial charge in [0.1, 0.15) is 0 Å². The summed E-state index contributed by atoms with van der Waals surface area (Å²) in [6, 6.07) is 11.9. The SMILES string of the molecule is CCC(C)(C)C[SiH](Cl)C(C)(C)c1ccccc1. The standard InChI is InChI=1S/C15H25ClSi/c1-6-14(2,3)12-17(16)15(4,5)13-10-8-7-9-11-13/h7-11,17H,6,12H2,1-5H3. The molecular formula is C15H25ClSi. The van der Waals surface area contributed by atoms with Crippen molar-refractivity contribution in [2.24, 2.45) is 5.41 Å². The highest BCUT2D eigenvalue weighted by atomic mass is 35.6. The van der Waals surface area contributed by atoms with Gasteiger partial charge in [-0.2, -0.15) is 11.1 Å². The molecule has 0 heterocycles. The average Bonchev–Trinajstić information content (AvgIpc) is 2.29. The molecule has 0 aromatic heterocycles. The van der Waals surface area contributed by atoms with E-state index in [1.165, 1.54) is 18.0 Å². The lowest BCUT2D eigenvalue weighted by molar-refractivity contribution is 0.391. The van der Waals surface area contributed by atoms with Crippen LogP contribution in [0, 0.1) is 5.41 Å². The molecule has 1 atom stereocenters. The van der Waals surface area contributed by atoms with Crippen LogP contribution in [-0.2, 0) is 5.04 Å². The van der Waals surface area contributed by atoms with Crippen LogP contribution in [0.25, 0.3) is 0 Å². The molecule has 0 saturated heterocycles. The number of benzene rings is 1. The Morgan fingerprint density at radius 1 is 1.06 bits per heavy atom. The Balaban J connectivity index is 2.84. The van der Waals surface area contributed by atoms with Gasteiger partial charge in [0.15, 0.2) is 8.11 Å². The summed E-state index contributed by atoms with van der Waals surface area (Å²) in [5.74, 6) is 0. The maximum absolute atomic E-state index is 6.81. The van der Waals surface area contributed by atoms with Gasteiger partial charge in [-0.3, -0.25) is 0 Å². The van der Waals surface area contributed by atoms with E-state index in [0.29, 0.717) is 5.41 Å². The lowest BCUT2D eigenvalue weighted by Crippen LogP contribution is -2.36. The monoisotopic (exact) mass is 268 g/mol. The first-order chi connectivity index (χ1) is 7.79. The van der Waals surface area contributed by atoms with Crippen molar-refractivity contribution in [3.05, 3.63) is 35.9 Å². The molecular weight excluding hydrogens is 244 g/mol. The Morgan fingerprint density at radius 2 is 1.59 bits per heavy atom. The fourth-order valence-corrected chi connectivity index (χ4v) is 5.89. The molecule has 0 nitrogen and oxygen atoms in total. The van der Waals surface area contributed by atoms with Crippen LogP contribution in [0.2, 0.25) is 6.04 Å². The molecule has 0 saturated carbocycles. The molecule has 0 amide bonds. The molecule has 0 aliphatic heterocycles. The minimum atomic E-state index is -1.31. The second-order valence-corrected chi connectivity index (χ2v) is 10.6. The van der Waals surface area contributed by atoms with Gasteiger partial charge in [0, 0.05) is 0 Å². The van der Waals surface area contributed by atoms with Crippen molar-refractivity contribution in [1.29, 1.82) is 0 Å². The van der Waals surface area contributed by atoms with Crippen LogP contribution in [0.15, 0.2) is 30.3 Å². The molecule has 0 bridgehead atoms. The average molecular weight is 269 g/mol. The van der Waals surface area contributed by atoms with E-state index in [-0.39, 0.29) is 5.04 Å². The summed E-state index contributed by atoms with van der Waals surface area (Å²) in [7, 11) is -1.31. The van der Waals surface area contributed by atoms with Gasteiger partial charge in [0.05, 0.1) is 0 Å². The Bertz CT molecular complexity index is 343. The van der Waals surface area contributed by atoms with Gasteiger partial charge in [0.2, 0.25) is 0 Å². The Morgan fingerprint density at radius 3 is 2.06 bits per heavy atom. The maximum atomic E-state index is 6.81. The van der Waals surface area contributed by atoms with Crippen LogP contribution >= 0.6 is 11.1 Å². The summed E-state index contributed by atoms with van der Waals surface area (Å²) in [5, 5.41) is 0.162. The van der Waals surface area contributed by atoms with Gasteiger partial charge in [-0.25, -0.2) is 0 Å². The summed E-state index contributed by atoms with van der Waals surface area (Å²) in [4.78, 5) is 0. The third kappa shape index (κ3) is 3.85. The highest BCUT2D eigenvalue weighted by Crippen LogP contribution is 2.37. The lowest BCUT2D eigenvalue weighted by Gasteiger charge is -2.34. The van der Waals surface area contributed by atoms with Crippen molar-refractivity contribution in [1.82, 2.24) is 0 Å². The molecule has 0 aliphatic rings. The highest BCUT2D eigenvalue weighted by Gasteiger charge is 2.35. The molecule has 0 radical (unpaired) electrons. The van der Waals surface area contributed by atoms with E-state index in [2.05, 4.69) is 65.0 Å². The second-order valence-electron chi connectivity index (χ2n) is 6.28. The van der Waals surface area contributed by atoms with Crippen molar-refractivity contribution < 1.29 is 0 Å². The zero-order valence-electron chi connectivity index (χ0n) is 11.8. The molecule has 2 heteroatoms. The van der Waals surface area contributed by atoms with E-state index in [4.69, 9.17) is 11.1 Å². The smallest absolute Gasteiger partial charge is 0.151 e. The fourth-order valence-electron chi connectivity index (χ4n) is 1.93. The van der Waals surface area contributed by atoms with Gasteiger partial charge in [0.25, 0.3) is 0 Å². The third-order valence-corrected chi connectivity index (χ3v) is 9.45. The molecule has 1 rings (SSSR count). The largest absolute Gasteiger partial charge is 0.171 e. The quantitative estimate of drug-likeness (QED) is 0.526. The minimum Gasteiger partial charge on any atom is -0.171 e. The van der Waals surface area contributed by atoms with E-state index in [9.17, 15) is 0 Å². The van der Waals surface area contributed by atoms with Gasteiger partial charge >= 0.3 is 0 Å². The van der Waals surface area contributed by atoms with Gasteiger partial charge in [-0.15, -0.1) is 0 Å². The van der Waals surface area contributed by atoms with E-state index in [1.54, 1.807) is 0 Å². The lowest BCUT2D eigenvalue weighted by atomic mass is 9.93. The van der Waals surface area contributed by atoms with E-state index in [1.807, 2.05) is 0 Å². The molecule has 17 heavy (non-hydrogen) atoms. The van der Waals surface area contributed by atoms with E-state index in [0.717, 1.165) is 0 Å². The van der Waals surface area contributed by atoms with Crippen molar-refractivity contribution in [3.8, 4) is 0 Å². The molecule has 1 unspecified atom stereocenters. The molecule has 0 fully saturated rings. The minimum absolute atomic E-state index is 0.162. The third-order valence-electron chi connectivity index (χ3n) is 3.99. The summed E-state index contributed by atoms with van der Waals surface area (Å²) >= 11 is 6.81. The predicted molar refractivity (Wildman–Crippen MR) is 81.3 cm³/mol. The Labute approximate surface area is 113 Å². The summed E-state index contributed by atoms with van der Waals surface area (Å²) in [6.07, 6.45) is 1.20. The summed E-state index contributed by atoms with van der Waals surface area (Å²) < 4.78 is 0. The van der Waals surface area contributed by atoms with Crippen LogP contribution in [0.4, 0.5) is 0 Å². The normalized spacial score (nSPS) is 14.7. The molecule has 0 spiro atoms. The van der Waals surface area contributed by atoms with Crippen LogP contribution in [0.1, 0.15) is 46.6 Å². The van der Waals surface area contributed by atoms with E-state index < -0.39 is 8.11 Å². The van der Waals surface area contributed by atoms with Crippen LogP contribution in [0.3, 0.4) is 0 Å². The Kier molecular flexibility index (Phi) is 4.85. The maximum Gasteiger partial charge on any atom is 0.151 e. The van der Waals surface area contributed by atoms with Gasteiger partial charge in [-0.05, 0) is 22.1 Å². The molecule has 1 aromatic carbocycles. The molecule has 96 valence electrons. The fraction of sp³-hybridized carbons (Fsp3) is 0.600. The summed E-state index contributed by atoms with van der Waals surface area (Å²) in [5.41, 5.74) is 1.77. The van der Waals surface area contributed by atoms with Crippen LogP contribution < -0.4 is 0 Å². The second kappa shape index (κ2) is 5.58. The first-order valence-electron chi connectivity index (χ1n) is 6.49. The zero-order valence-corrected chi connectivity index (χ0v) is 13.7.